The number of hydrogen-bond acceptors (Lipinski definition) is 3. The molecule has 5 heteroatoms. The topological polar surface area (TPSA) is 61.4 Å². The van der Waals surface area contributed by atoms with Crippen LogP contribution in [0.1, 0.15) is 42.3 Å². The Morgan fingerprint density at radius 3 is 2.67 bits per heavy atom. The van der Waals surface area contributed by atoms with Crippen LogP contribution in [0.3, 0.4) is 0 Å². The molecule has 0 saturated carbocycles. The maximum Gasteiger partial charge on any atom is 0.254 e. The largest absolute Gasteiger partial charge is 0.352 e. The minimum atomic E-state index is -0.122. The summed E-state index contributed by atoms with van der Waals surface area (Å²) in [6, 6.07) is 5.85. The van der Waals surface area contributed by atoms with Gasteiger partial charge >= 0.3 is 0 Å². The normalized spacial score (nSPS) is 13.1. The fourth-order valence-electron chi connectivity index (χ4n) is 2.48. The van der Waals surface area contributed by atoms with E-state index in [0.717, 1.165) is 13.1 Å². The second kappa shape index (κ2) is 6.72. The van der Waals surface area contributed by atoms with Crippen LogP contribution < -0.4 is 10.6 Å². The number of nitrogens with one attached hydrogen (secondary N) is 2. The fourth-order valence-corrected chi connectivity index (χ4v) is 2.48. The predicted octanol–water partition coefficient (Wildman–Crippen LogP) is 1.28. The zero-order valence-corrected chi connectivity index (χ0v) is 12.9. The van der Waals surface area contributed by atoms with Crippen molar-refractivity contribution in [1.29, 1.82) is 0 Å². The molecule has 5 nitrogen and oxygen atoms in total. The Balaban J connectivity index is 2.07. The van der Waals surface area contributed by atoms with Gasteiger partial charge in [0.2, 0.25) is 5.91 Å². The Hall–Kier alpha value is -1.88. The highest BCUT2D eigenvalue weighted by molar-refractivity contribution is 5.96. The highest BCUT2D eigenvalue weighted by atomic mass is 16.2. The molecule has 0 unspecified atom stereocenters. The van der Waals surface area contributed by atoms with Gasteiger partial charge in [-0.25, -0.2) is 0 Å². The van der Waals surface area contributed by atoms with Crippen LogP contribution in [0.5, 0.6) is 0 Å². The third kappa shape index (κ3) is 3.82. The molecular formula is C16H23N3O2. The number of nitrogens with zero attached hydrogens (tertiary/aromatic N) is 1. The van der Waals surface area contributed by atoms with Crippen molar-refractivity contribution >= 4 is 11.8 Å². The molecule has 0 aromatic heterocycles. The van der Waals surface area contributed by atoms with Crippen molar-refractivity contribution in [3.8, 4) is 0 Å². The number of carbonyl (C=O) groups is 2. The molecule has 0 saturated heterocycles. The summed E-state index contributed by atoms with van der Waals surface area (Å²) < 4.78 is 0. The number of fused-ring (bicyclic) bond motifs is 1. The minimum absolute atomic E-state index is 0.0809. The van der Waals surface area contributed by atoms with Crippen LogP contribution in [0.2, 0.25) is 0 Å². The first kappa shape index (κ1) is 15.5. The molecule has 1 aliphatic heterocycles. The van der Waals surface area contributed by atoms with E-state index in [1.807, 2.05) is 39.0 Å². The van der Waals surface area contributed by atoms with Gasteiger partial charge in [-0.05, 0) is 44.0 Å². The van der Waals surface area contributed by atoms with Crippen LogP contribution in [0, 0.1) is 0 Å². The van der Waals surface area contributed by atoms with Gasteiger partial charge in [0.05, 0.1) is 6.54 Å². The average molecular weight is 289 g/mol. The summed E-state index contributed by atoms with van der Waals surface area (Å²) in [4.78, 5) is 25.9. The van der Waals surface area contributed by atoms with Crippen LogP contribution in [-0.2, 0) is 17.9 Å². The monoisotopic (exact) mass is 289 g/mol. The molecule has 0 bridgehead atoms. The van der Waals surface area contributed by atoms with Gasteiger partial charge < -0.3 is 15.5 Å². The lowest BCUT2D eigenvalue weighted by Gasteiger charge is -2.21. The molecule has 0 aliphatic carbocycles. The number of benzene rings is 1. The Morgan fingerprint density at radius 2 is 2.00 bits per heavy atom. The van der Waals surface area contributed by atoms with Crippen molar-refractivity contribution in [1.82, 2.24) is 15.5 Å². The number of carbonyl (C=O) groups excluding carboxylic acids is 2. The maximum absolute atomic E-state index is 12.5. The third-order valence-electron chi connectivity index (χ3n) is 3.54. The zero-order chi connectivity index (χ0) is 15.4. The second-order valence-electron chi connectivity index (χ2n) is 5.63. The van der Waals surface area contributed by atoms with Crippen molar-refractivity contribution < 1.29 is 9.59 Å². The summed E-state index contributed by atoms with van der Waals surface area (Å²) >= 11 is 0. The first-order chi connectivity index (χ1) is 10.0. The van der Waals surface area contributed by atoms with Gasteiger partial charge in [-0.1, -0.05) is 6.07 Å². The summed E-state index contributed by atoms with van der Waals surface area (Å²) in [5.74, 6) is -0.214. The number of amides is 2. The minimum Gasteiger partial charge on any atom is -0.352 e. The highest BCUT2D eigenvalue weighted by Gasteiger charge is 2.19. The van der Waals surface area contributed by atoms with Crippen LogP contribution in [0.4, 0.5) is 0 Å². The standard InChI is InChI=1S/C16H23N3O2/c1-4-19(10-15(20)18-11(2)3)16(21)12-5-6-13-8-17-9-14(13)7-12/h5-7,11,17H,4,8-10H2,1-3H3,(H,18,20). The predicted molar refractivity (Wildman–Crippen MR) is 81.8 cm³/mol. The van der Waals surface area contributed by atoms with E-state index >= 15 is 0 Å². The molecule has 1 aromatic carbocycles. The number of rotatable bonds is 5. The molecule has 0 radical (unpaired) electrons. The molecular weight excluding hydrogens is 266 g/mol. The van der Waals surface area contributed by atoms with E-state index in [1.165, 1.54) is 11.1 Å². The van der Waals surface area contributed by atoms with E-state index in [4.69, 9.17) is 0 Å². The zero-order valence-electron chi connectivity index (χ0n) is 12.9. The van der Waals surface area contributed by atoms with Crippen molar-refractivity contribution in [3.05, 3.63) is 34.9 Å². The summed E-state index contributed by atoms with van der Waals surface area (Å²) in [5.41, 5.74) is 3.06. The SMILES string of the molecule is CCN(CC(=O)NC(C)C)C(=O)c1ccc2c(c1)CNC2. The van der Waals surface area contributed by atoms with Crippen LogP contribution in [0.25, 0.3) is 0 Å². The van der Waals surface area contributed by atoms with E-state index < -0.39 is 0 Å². The van der Waals surface area contributed by atoms with E-state index in [0.29, 0.717) is 12.1 Å². The molecule has 2 amide bonds. The molecule has 21 heavy (non-hydrogen) atoms. The molecule has 2 N–H and O–H groups in total. The smallest absolute Gasteiger partial charge is 0.254 e. The number of hydrogen-bond donors (Lipinski definition) is 2. The van der Waals surface area contributed by atoms with Gasteiger partial charge in [0.1, 0.15) is 0 Å². The molecule has 1 aromatic rings. The summed E-state index contributed by atoms with van der Waals surface area (Å²) in [6.07, 6.45) is 0. The van der Waals surface area contributed by atoms with E-state index in [2.05, 4.69) is 10.6 Å². The molecule has 0 atom stereocenters. The van der Waals surface area contributed by atoms with Gasteiger partial charge in [0, 0.05) is 31.2 Å². The van der Waals surface area contributed by atoms with Crippen LogP contribution >= 0.6 is 0 Å². The van der Waals surface area contributed by atoms with Crippen LogP contribution in [-0.4, -0.2) is 35.8 Å². The Kier molecular flexibility index (Phi) is 4.96. The van der Waals surface area contributed by atoms with Gasteiger partial charge in [-0.3, -0.25) is 9.59 Å². The quantitative estimate of drug-likeness (QED) is 0.858. The lowest BCUT2D eigenvalue weighted by molar-refractivity contribution is -0.122. The first-order valence-electron chi connectivity index (χ1n) is 7.42. The lowest BCUT2D eigenvalue weighted by atomic mass is 10.1. The van der Waals surface area contributed by atoms with Gasteiger partial charge in [-0.15, -0.1) is 0 Å². The van der Waals surface area contributed by atoms with Crippen molar-refractivity contribution in [2.75, 3.05) is 13.1 Å². The molecule has 1 aliphatic rings. The van der Waals surface area contributed by atoms with Crippen LogP contribution in [0.15, 0.2) is 18.2 Å². The highest BCUT2D eigenvalue weighted by Crippen LogP contribution is 2.18. The fraction of sp³-hybridized carbons (Fsp3) is 0.500. The van der Waals surface area contributed by atoms with Crippen molar-refractivity contribution in [2.45, 2.75) is 39.9 Å². The summed E-state index contributed by atoms with van der Waals surface area (Å²) in [7, 11) is 0. The van der Waals surface area contributed by atoms with Crippen molar-refractivity contribution in [3.63, 3.8) is 0 Å². The molecule has 114 valence electrons. The Labute approximate surface area is 125 Å². The first-order valence-corrected chi connectivity index (χ1v) is 7.42. The van der Waals surface area contributed by atoms with Gasteiger partial charge in [0.15, 0.2) is 0 Å². The Morgan fingerprint density at radius 1 is 1.29 bits per heavy atom. The summed E-state index contributed by atoms with van der Waals surface area (Å²) in [6.45, 7) is 7.97. The summed E-state index contributed by atoms with van der Waals surface area (Å²) in [5, 5.41) is 6.07. The third-order valence-corrected chi connectivity index (χ3v) is 3.54. The van der Waals surface area contributed by atoms with Gasteiger partial charge in [-0.2, -0.15) is 0 Å². The molecule has 0 spiro atoms. The molecule has 2 rings (SSSR count). The van der Waals surface area contributed by atoms with E-state index in [9.17, 15) is 9.59 Å². The molecule has 0 fully saturated rings. The van der Waals surface area contributed by atoms with Crippen molar-refractivity contribution in [2.24, 2.45) is 0 Å². The Bertz CT molecular complexity index is 540. The molecule has 1 heterocycles. The number of likely N-dealkylation sites (N-methyl/N-ethyl adjacent to an activating group) is 1. The van der Waals surface area contributed by atoms with Gasteiger partial charge in [0.25, 0.3) is 5.91 Å². The maximum atomic E-state index is 12.5. The lowest BCUT2D eigenvalue weighted by Crippen LogP contribution is -2.42. The average Bonchev–Trinajstić information content (AvgIpc) is 2.90. The second-order valence-corrected chi connectivity index (χ2v) is 5.63. The van der Waals surface area contributed by atoms with E-state index in [1.54, 1.807) is 4.90 Å². The van der Waals surface area contributed by atoms with E-state index in [-0.39, 0.29) is 24.4 Å².